The molecule has 1 aliphatic heterocycles. The molecule has 0 saturated carbocycles. The normalized spacial score (nSPS) is 37.8. The Kier molecular flexibility index (Phi) is 1.65. The van der Waals surface area contributed by atoms with Gasteiger partial charge in [0.1, 0.15) is 0 Å². The third-order valence-electron chi connectivity index (χ3n) is 1.23. The van der Waals surface area contributed by atoms with Crippen LogP contribution in [-0.4, -0.2) is 12.1 Å². The lowest BCUT2D eigenvalue weighted by atomic mass is 10.2. The summed E-state index contributed by atoms with van der Waals surface area (Å²) in [5, 5.41) is 0. The molecule has 0 fully saturated rings. The van der Waals surface area contributed by atoms with E-state index >= 15 is 0 Å². The molecule has 1 aliphatic rings. The standard InChI is InChI=1S/C6H12N2/c1-5-3-4-6(2)8-7-5/h3-8H,1-2H3/t5-,6-/m1/s1. The van der Waals surface area contributed by atoms with Crippen molar-refractivity contribution in [1.82, 2.24) is 10.9 Å². The molecule has 0 bridgehead atoms. The predicted molar refractivity (Wildman–Crippen MR) is 34.3 cm³/mol. The highest BCUT2D eigenvalue weighted by atomic mass is 15.4. The van der Waals surface area contributed by atoms with Gasteiger partial charge in [-0.1, -0.05) is 12.2 Å². The van der Waals surface area contributed by atoms with Crippen molar-refractivity contribution in [2.45, 2.75) is 25.9 Å². The first-order valence-corrected chi connectivity index (χ1v) is 2.98. The Balaban J connectivity index is 2.42. The summed E-state index contributed by atoms with van der Waals surface area (Å²) in [5.74, 6) is 0. The van der Waals surface area contributed by atoms with Crippen LogP contribution in [0.25, 0.3) is 0 Å². The molecular weight excluding hydrogens is 100 g/mol. The van der Waals surface area contributed by atoms with E-state index in [0.717, 1.165) is 0 Å². The summed E-state index contributed by atoms with van der Waals surface area (Å²) in [6.45, 7) is 4.21. The van der Waals surface area contributed by atoms with Crippen LogP contribution in [0.1, 0.15) is 13.8 Å². The van der Waals surface area contributed by atoms with E-state index in [-0.39, 0.29) is 0 Å². The topological polar surface area (TPSA) is 24.1 Å². The van der Waals surface area contributed by atoms with Crippen molar-refractivity contribution in [3.05, 3.63) is 12.2 Å². The van der Waals surface area contributed by atoms with Gasteiger partial charge in [-0.2, -0.15) is 0 Å². The summed E-state index contributed by atoms with van der Waals surface area (Å²) in [4.78, 5) is 0. The van der Waals surface area contributed by atoms with E-state index in [0.29, 0.717) is 12.1 Å². The van der Waals surface area contributed by atoms with Gasteiger partial charge in [-0.3, -0.25) is 10.9 Å². The molecule has 2 atom stereocenters. The molecule has 0 aliphatic carbocycles. The van der Waals surface area contributed by atoms with Crippen molar-refractivity contribution in [3.8, 4) is 0 Å². The average molecular weight is 112 g/mol. The van der Waals surface area contributed by atoms with Crippen molar-refractivity contribution in [1.29, 1.82) is 0 Å². The van der Waals surface area contributed by atoms with Crippen molar-refractivity contribution >= 4 is 0 Å². The first kappa shape index (κ1) is 5.79. The fourth-order valence-corrected chi connectivity index (χ4v) is 0.692. The molecule has 0 radical (unpaired) electrons. The SMILES string of the molecule is C[C@@H]1C=C[C@@H](C)NN1. The van der Waals surface area contributed by atoms with E-state index < -0.39 is 0 Å². The fourth-order valence-electron chi connectivity index (χ4n) is 0.692. The minimum Gasteiger partial charge on any atom is -0.251 e. The minimum absolute atomic E-state index is 0.478. The molecule has 0 aromatic carbocycles. The Bertz CT molecular complexity index is 86.7. The quantitative estimate of drug-likeness (QED) is 0.444. The van der Waals surface area contributed by atoms with E-state index in [4.69, 9.17) is 0 Å². The molecule has 2 nitrogen and oxygen atoms in total. The van der Waals surface area contributed by atoms with Crippen LogP contribution in [0.15, 0.2) is 12.2 Å². The summed E-state index contributed by atoms with van der Waals surface area (Å²) >= 11 is 0. The van der Waals surface area contributed by atoms with E-state index in [9.17, 15) is 0 Å². The van der Waals surface area contributed by atoms with Crippen LogP contribution < -0.4 is 10.9 Å². The summed E-state index contributed by atoms with van der Waals surface area (Å²) in [7, 11) is 0. The Labute approximate surface area is 49.9 Å². The molecule has 8 heavy (non-hydrogen) atoms. The molecule has 2 N–H and O–H groups in total. The lowest BCUT2D eigenvalue weighted by molar-refractivity contribution is 0.447. The van der Waals surface area contributed by atoms with Gasteiger partial charge >= 0.3 is 0 Å². The second kappa shape index (κ2) is 2.29. The van der Waals surface area contributed by atoms with E-state index in [1.165, 1.54) is 0 Å². The Morgan fingerprint density at radius 2 is 1.38 bits per heavy atom. The molecule has 0 saturated heterocycles. The Morgan fingerprint density at radius 1 is 1.00 bits per heavy atom. The van der Waals surface area contributed by atoms with E-state index in [1.54, 1.807) is 0 Å². The van der Waals surface area contributed by atoms with Crippen LogP contribution in [0.2, 0.25) is 0 Å². The summed E-state index contributed by atoms with van der Waals surface area (Å²) in [5.41, 5.74) is 6.19. The van der Waals surface area contributed by atoms with Crippen molar-refractivity contribution in [2.24, 2.45) is 0 Å². The lowest BCUT2D eigenvalue weighted by Gasteiger charge is -2.19. The minimum atomic E-state index is 0.478. The van der Waals surface area contributed by atoms with E-state index in [1.807, 2.05) is 0 Å². The van der Waals surface area contributed by atoms with Gasteiger partial charge in [-0.15, -0.1) is 0 Å². The predicted octanol–water partition coefficient (Wildman–Crippen LogP) is 0.427. The summed E-state index contributed by atoms with van der Waals surface area (Å²) in [6.07, 6.45) is 4.31. The molecule has 46 valence electrons. The maximum absolute atomic E-state index is 3.09. The zero-order valence-corrected chi connectivity index (χ0v) is 5.31. The van der Waals surface area contributed by atoms with Crippen LogP contribution in [0, 0.1) is 0 Å². The molecule has 2 heteroatoms. The van der Waals surface area contributed by atoms with Gasteiger partial charge < -0.3 is 0 Å². The molecule has 0 aromatic heterocycles. The molecule has 0 aromatic rings. The Hall–Kier alpha value is -0.340. The van der Waals surface area contributed by atoms with Gasteiger partial charge in [0.15, 0.2) is 0 Å². The second-order valence-electron chi connectivity index (χ2n) is 2.25. The number of hydrogen-bond acceptors (Lipinski definition) is 2. The third-order valence-corrected chi connectivity index (χ3v) is 1.23. The van der Waals surface area contributed by atoms with Crippen LogP contribution >= 0.6 is 0 Å². The molecular formula is C6H12N2. The van der Waals surface area contributed by atoms with Gasteiger partial charge in [-0.05, 0) is 13.8 Å². The first-order valence-electron chi connectivity index (χ1n) is 2.98. The zero-order chi connectivity index (χ0) is 5.98. The molecule has 1 rings (SSSR count). The van der Waals surface area contributed by atoms with Crippen LogP contribution in [0.5, 0.6) is 0 Å². The monoisotopic (exact) mass is 112 g/mol. The van der Waals surface area contributed by atoms with Gasteiger partial charge in [0, 0.05) is 12.1 Å². The van der Waals surface area contributed by atoms with Crippen LogP contribution in [-0.2, 0) is 0 Å². The molecule has 0 amide bonds. The van der Waals surface area contributed by atoms with E-state index in [2.05, 4.69) is 36.9 Å². The van der Waals surface area contributed by atoms with Crippen LogP contribution in [0.3, 0.4) is 0 Å². The second-order valence-corrected chi connectivity index (χ2v) is 2.25. The van der Waals surface area contributed by atoms with Crippen molar-refractivity contribution < 1.29 is 0 Å². The lowest BCUT2D eigenvalue weighted by Crippen LogP contribution is -2.45. The van der Waals surface area contributed by atoms with Crippen molar-refractivity contribution in [2.75, 3.05) is 0 Å². The highest BCUT2D eigenvalue weighted by Crippen LogP contribution is 1.92. The fraction of sp³-hybridized carbons (Fsp3) is 0.667. The van der Waals surface area contributed by atoms with Crippen molar-refractivity contribution in [3.63, 3.8) is 0 Å². The first-order chi connectivity index (χ1) is 3.79. The maximum Gasteiger partial charge on any atom is 0.0365 e. The highest BCUT2D eigenvalue weighted by Gasteiger charge is 2.03. The number of hydrogen-bond donors (Lipinski definition) is 2. The molecule has 0 unspecified atom stereocenters. The van der Waals surface area contributed by atoms with Gasteiger partial charge in [0.25, 0.3) is 0 Å². The third kappa shape index (κ3) is 1.32. The number of rotatable bonds is 0. The van der Waals surface area contributed by atoms with Gasteiger partial charge in [0.2, 0.25) is 0 Å². The van der Waals surface area contributed by atoms with Gasteiger partial charge in [-0.25, -0.2) is 0 Å². The Morgan fingerprint density at radius 3 is 1.62 bits per heavy atom. The maximum atomic E-state index is 3.09. The molecule has 0 spiro atoms. The zero-order valence-electron chi connectivity index (χ0n) is 5.31. The van der Waals surface area contributed by atoms with Gasteiger partial charge in [0.05, 0.1) is 0 Å². The molecule has 1 heterocycles. The smallest absolute Gasteiger partial charge is 0.0365 e. The summed E-state index contributed by atoms with van der Waals surface area (Å²) < 4.78 is 0. The number of nitrogens with one attached hydrogen (secondary N) is 2. The van der Waals surface area contributed by atoms with Crippen LogP contribution in [0.4, 0.5) is 0 Å². The number of hydrazine groups is 1. The average Bonchev–Trinajstić information content (AvgIpc) is 1.77. The largest absolute Gasteiger partial charge is 0.251 e. The highest BCUT2D eigenvalue weighted by molar-refractivity contribution is 4.99. The summed E-state index contributed by atoms with van der Waals surface area (Å²) in [6, 6.07) is 0.956.